The van der Waals surface area contributed by atoms with E-state index in [9.17, 15) is 9.90 Å². The number of nitrogens with zero attached hydrogens (tertiary/aromatic N) is 4. The minimum atomic E-state index is -1.07. The fraction of sp³-hybridized carbons (Fsp3) is 0.688. The van der Waals surface area contributed by atoms with E-state index in [0.717, 1.165) is 39.0 Å². The van der Waals surface area contributed by atoms with Gasteiger partial charge in [-0.05, 0) is 33.4 Å². The lowest BCUT2D eigenvalue weighted by molar-refractivity contribution is 0.0688. The van der Waals surface area contributed by atoms with Crippen LogP contribution >= 0.6 is 0 Å². The Hall–Kier alpha value is -1.93. The van der Waals surface area contributed by atoms with Crippen LogP contribution in [-0.4, -0.2) is 77.9 Å². The molecule has 132 valence electrons. The third-order valence-electron chi connectivity index (χ3n) is 4.78. The maximum Gasteiger partial charge on any atom is 0.354 e. The molecule has 0 amide bonds. The predicted molar refractivity (Wildman–Crippen MR) is 89.8 cm³/mol. The number of nitrogens with one attached hydrogen (secondary N) is 1. The molecule has 3 heterocycles. The number of aromatic nitrogens is 2. The summed E-state index contributed by atoms with van der Waals surface area (Å²) in [5, 5.41) is 12.7. The fourth-order valence-electron chi connectivity index (χ4n) is 3.28. The summed E-state index contributed by atoms with van der Waals surface area (Å²) >= 11 is 0. The van der Waals surface area contributed by atoms with Gasteiger partial charge in [0.1, 0.15) is 12.4 Å². The third kappa shape index (κ3) is 3.76. The van der Waals surface area contributed by atoms with E-state index >= 15 is 0 Å². The van der Waals surface area contributed by atoms with E-state index in [1.54, 1.807) is 0 Å². The van der Waals surface area contributed by atoms with Crippen molar-refractivity contribution in [1.82, 2.24) is 20.2 Å². The summed E-state index contributed by atoms with van der Waals surface area (Å²) in [5.74, 6) is -0.449. The number of likely N-dealkylation sites (tertiary alicyclic amines) is 1. The molecule has 0 unspecified atom stereocenters. The molecule has 0 radical (unpaired) electrons. The Morgan fingerprint density at radius 2 is 2.29 bits per heavy atom. The molecule has 0 spiro atoms. The van der Waals surface area contributed by atoms with Gasteiger partial charge in [0.25, 0.3) is 0 Å². The number of carboxylic acids is 1. The lowest BCUT2D eigenvalue weighted by Crippen LogP contribution is -2.50. The average molecular weight is 335 g/mol. The largest absolute Gasteiger partial charge is 0.477 e. The van der Waals surface area contributed by atoms with Gasteiger partial charge < -0.3 is 25.0 Å². The van der Waals surface area contributed by atoms with Crippen molar-refractivity contribution in [2.45, 2.75) is 31.8 Å². The first kappa shape index (κ1) is 16.9. The van der Waals surface area contributed by atoms with Crippen molar-refractivity contribution in [3.63, 3.8) is 0 Å². The van der Waals surface area contributed by atoms with Gasteiger partial charge in [0.2, 0.25) is 0 Å². The smallest absolute Gasteiger partial charge is 0.354 e. The zero-order valence-electron chi connectivity index (χ0n) is 14.2. The van der Waals surface area contributed by atoms with Crippen LogP contribution in [0.1, 0.15) is 30.3 Å². The average Bonchev–Trinajstić information content (AvgIpc) is 2.98. The third-order valence-corrected chi connectivity index (χ3v) is 4.78. The summed E-state index contributed by atoms with van der Waals surface area (Å²) in [4.78, 5) is 24.2. The lowest BCUT2D eigenvalue weighted by atomic mass is 10.2. The first-order valence-corrected chi connectivity index (χ1v) is 8.47. The maximum absolute atomic E-state index is 11.4. The van der Waals surface area contributed by atoms with Gasteiger partial charge in [-0.1, -0.05) is 0 Å². The molecule has 0 aliphatic carbocycles. The highest BCUT2D eigenvalue weighted by molar-refractivity contribution is 5.86. The SMILES string of the molecule is C[C@H]1CNCCN1c1cc(C(=O)O)nc(OC[C@@H]2CCCN2C)n1. The summed E-state index contributed by atoms with van der Waals surface area (Å²) < 4.78 is 5.75. The summed E-state index contributed by atoms with van der Waals surface area (Å²) in [6, 6.07) is 2.25. The highest BCUT2D eigenvalue weighted by Crippen LogP contribution is 2.21. The van der Waals surface area contributed by atoms with Crippen LogP contribution in [0.5, 0.6) is 6.01 Å². The second-order valence-corrected chi connectivity index (χ2v) is 6.53. The predicted octanol–water partition coefficient (Wildman–Crippen LogP) is 0.446. The Labute approximate surface area is 141 Å². The van der Waals surface area contributed by atoms with E-state index in [1.807, 2.05) is 0 Å². The number of ether oxygens (including phenoxy) is 1. The van der Waals surface area contributed by atoms with Crippen LogP contribution < -0.4 is 15.0 Å². The fourth-order valence-corrected chi connectivity index (χ4v) is 3.28. The van der Waals surface area contributed by atoms with E-state index in [2.05, 4.69) is 39.1 Å². The zero-order chi connectivity index (χ0) is 17.1. The monoisotopic (exact) mass is 335 g/mol. The molecule has 2 atom stereocenters. The van der Waals surface area contributed by atoms with Gasteiger partial charge in [-0.3, -0.25) is 0 Å². The molecule has 2 saturated heterocycles. The van der Waals surface area contributed by atoms with Gasteiger partial charge in [-0.25, -0.2) is 4.79 Å². The first-order chi connectivity index (χ1) is 11.5. The number of hydrogen-bond acceptors (Lipinski definition) is 7. The molecule has 8 nitrogen and oxygen atoms in total. The minimum absolute atomic E-state index is 0.0273. The van der Waals surface area contributed by atoms with Gasteiger partial charge in [-0.2, -0.15) is 9.97 Å². The molecule has 2 aliphatic rings. The topological polar surface area (TPSA) is 90.8 Å². The van der Waals surface area contributed by atoms with E-state index in [0.29, 0.717) is 18.5 Å². The zero-order valence-corrected chi connectivity index (χ0v) is 14.2. The second kappa shape index (κ2) is 7.31. The quantitative estimate of drug-likeness (QED) is 0.801. The first-order valence-electron chi connectivity index (χ1n) is 8.47. The van der Waals surface area contributed by atoms with Crippen molar-refractivity contribution in [1.29, 1.82) is 0 Å². The summed E-state index contributed by atoms with van der Waals surface area (Å²) in [6.45, 7) is 6.10. The van der Waals surface area contributed by atoms with Crippen molar-refractivity contribution in [3.05, 3.63) is 11.8 Å². The number of rotatable bonds is 5. The minimum Gasteiger partial charge on any atom is -0.477 e. The lowest BCUT2D eigenvalue weighted by Gasteiger charge is -2.35. The highest BCUT2D eigenvalue weighted by Gasteiger charge is 2.24. The van der Waals surface area contributed by atoms with E-state index in [-0.39, 0.29) is 17.7 Å². The van der Waals surface area contributed by atoms with Gasteiger partial charge in [-0.15, -0.1) is 0 Å². The van der Waals surface area contributed by atoms with E-state index < -0.39 is 5.97 Å². The van der Waals surface area contributed by atoms with Crippen LogP contribution in [0.25, 0.3) is 0 Å². The Kier molecular flexibility index (Phi) is 5.15. The Morgan fingerprint density at radius 1 is 1.46 bits per heavy atom. The van der Waals surface area contributed by atoms with Crippen molar-refractivity contribution >= 4 is 11.8 Å². The van der Waals surface area contributed by atoms with Crippen molar-refractivity contribution in [2.24, 2.45) is 0 Å². The molecular formula is C16H25N5O3. The molecule has 8 heteroatoms. The van der Waals surface area contributed by atoms with Crippen LogP contribution in [0.2, 0.25) is 0 Å². The number of piperazine rings is 1. The Morgan fingerprint density at radius 3 is 2.96 bits per heavy atom. The van der Waals surface area contributed by atoms with Gasteiger partial charge in [0, 0.05) is 37.8 Å². The van der Waals surface area contributed by atoms with Crippen molar-refractivity contribution < 1.29 is 14.6 Å². The van der Waals surface area contributed by atoms with E-state index in [1.165, 1.54) is 6.07 Å². The normalized spacial score (nSPS) is 25.0. The van der Waals surface area contributed by atoms with Crippen LogP contribution in [0.15, 0.2) is 6.07 Å². The second-order valence-electron chi connectivity index (χ2n) is 6.53. The van der Waals surface area contributed by atoms with Gasteiger partial charge >= 0.3 is 12.0 Å². The number of hydrogen-bond donors (Lipinski definition) is 2. The molecule has 0 aromatic carbocycles. The van der Waals surface area contributed by atoms with Crippen LogP contribution in [0, 0.1) is 0 Å². The summed E-state index contributed by atoms with van der Waals surface area (Å²) in [7, 11) is 2.07. The number of carboxylic acid groups (broad SMARTS) is 1. The molecule has 1 aromatic rings. The molecule has 2 aliphatic heterocycles. The molecule has 2 N–H and O–H groups in total. The standard InChI is InChI=1S/C16H25N5O3/c1-11-9-17-5-7-21(11)14-8-13(15(22)23)18-16(19-14)24-10-12-4-3-6-20(12)2/h8,11-12,17H,3-7,9-10H2,1-2H3,(H,22,23)/t11-,12-/m0/s1. The number of anilines is 1. The number of carbonyl (C=O) groups is 1. The number of aromatic carboxylic acids is 1. The highest BCUT2D eigenvalue weighted by atomic mass is 16.5. The van der Waals surface area contributed by atoms with Crippen molar-refractivity contribution in [3.8, 4) is 6.01 Å². The van der Waals surface area contributed by atoms with Crippen LogP contribution in [-0.2, 0) is 0 Å². The maximum atomic E-state index is 11.4. The van der Waals surface area contributed by atoms with Crippen molar-refractivity contribution in [2.75, 3.05) is 44.7 Å². The molecular weight excluding hydrogens is 310 g/mol. The van der Waals surface area contributed by atoms with Crippen LogP contribution in [0.3, 0.4) is 0 Å². The van der Waals surface area contributed by atoms with Gasteiger partial charge in [0.15, 0.2) is 5.69 Å². The molecule has 3 rings (SSSR count). The Bertz CT molecular complexity index is 597. The summed E-state index contributed by atoms with van der Waals surface area (Å²) in [6.07, 6.45) is 2.24. The van der Waals surface area contributed by atoms with Crippen LogP contribution in [0.4, 0.5) is 5.82 Å². The summed E-state index contributed by atoms with van der Waals surface area (Å²) in [5.41, 5.74) is -0.0273. The van der Waals surface area contributed by atoms with Gasteiger partial charge in [0.05, 0.1) is 0 Å². The number of likely N-dealkylation sites (N-methyl/N-ethyl adjacent to an activating group) is 1. The molecule has 24 heavy (non-hydrogen) atoms. The molecule has 2 fully saturated rings. The molecule has 1 aromatic heterocycles. The Balaban J connectivity index is 1.78. The van der Waals surface area contributed by atoms with E-state index in [4.69, 9.17) is 4.74 Å². The molecule has 0 saturated carbocycles. The molecule has 0 bridgehead atoms.